The van der Waals surface area contributed by atoms with Crippen LogP contribution in [0, 0.1) is 0 Å². The number of Topliss-reactive ketones (excluding diaryl/α,β-unsaturated/α-hetero) is 1. The van der Waals surface area contributed by atoms with Gasteiger partial charge in [-0.05, 0) is 19.8 Å². The molecular weight excluding hydrogens is 184 g/mol. The van der Waals surface area contributed by atoms with Gasteiger partial charge in [0.1, 0.15) is 5.78 Å². The van der Waals surface area contributed by atoms with Crippen molar-refractivity contribution in [2.75, 3.05) is 0 Å². The summed E-state index contributed by atoms with van der Waals surface area (Å²) in [4.78, 5) is 20.8. The normalized spacial score (nSPS) is 12.4. The molecular formula is C10H18O4. The van der Waals surface area contributed by atoms with Gasteiger partial charge in [0, 0.05) is 6.42 Å². The van der Waals surface area contributed by atoms with E-state index in [4.69, 9.17) is 10.2 Å². The van der Waals surface area contributed by atoms with Crippen LogP contribution in [0.2, 0.25) is 0 Å². The summed E-state index contributed by atoms with van der Waals surface area (Å²) in [6, 6.07) is 0. The Morgan fingerprint density at radius 1 is 1.14 bits per heavy atom. The van der Waals surface area contributed by atoms with E-state index in [9.17, 15) is 9.59 Å². The number of unbranched alkanes of at least 4 members (excludes halogenated alkanes) is 3. The molecule has 2 N–H and O–H groups in total. The molecule has 0 aliphatic carbocycles. The van der Waals surface area contributed by atoms with Crippen molar-refractivity contribution in [1.82, 2.24) is 0 Å². The maximum atomic E-state index is 10.6. The van der Waals surface area contributed by atoms with Crippen molar-refractivity contribution in [3.8, 4) is 0 Å². The smallest absolute Gasteiger partial charge is 0.332 e. The van der Waals surface area contributed by atoms with Crippen LogP contribution in [0.25, 0.3) is 0 Å². The summed E-state index contributed by atoms with van der Waals surface area (Å²) < 4.78 is 0. The molecule has 0 aliphatic rings. The molecule has 0 spiro atoms. The average molecular weight is 202 g/mol. The average Bonchev–Trinajstić information content (AvgIpc) is 2.09. The number of carboxylic acids is 1. The van der Waals surface area contributed by atoms with E-state index in [1.807, 2.05) is 0 Å². The molecule has 1 atom stereocenters. The van der Waals surface area contributed by atoms with Crippen molar-refractivity contribution in [2.45, 2.75) is 51.6 Å². The fourth-order valence-corrected chi connectivity index (χ4v) is 1.19. The molecule has 0 aromatic carbocycles. The molecule has 0 radical (unpaired) electrons. The summed E-state index contributed by atoms with van der Waals surface area (Å²) in [6.45, 7) is 1.56. The minimum absolute atomic E-state index is 0.190. The standard InChI is InChI=1S/C10H18O4/c1-8(11)6-4-2-3-5-7-9(12)10(13)14/h9,12H,2-7H2,1H3,(H,13,14)/t9-/m0/s1. The summed E-state index contributed by atoms with van der Waals surface area (Å²) in [5.74, 6) is -0.968. The molecule has 0 unspecified atom stereocenters. The van der Waals surface area contributed by atoms with Crippen molar-refractivity contribution in [3.63, 3.8) is 0 Å². The minimum atomic E-state index is -1.23. The third-order valence-electron chi connectivity index (χ3n) is 2.04. The van der Waals surface area contributed by atoms with Gasteiger partial charge in [0.25, 0.3) is 0 Å². The Kier molecular flexibility index (Phi) is 7.02. The molecule has 82 valence electrons. The SMILES string of the molecule is CC(=O)CCCCCC[C@H](O)C(=O)O. The third kappa shape index (κ3) is 7.73. The van der Waals surface area contributed by atoms with Gasteiger partial charge in [0.15, 0.2) is 6.10 Å². The molecule has 0 saturated carbocycles. The van der Waals surface area contributed by atoms with Crippen LogP contribution in [0.3, 0.4) is 0 Å². The summed E-state index contributed by atoms with van der Waals surface area (Å²) in [7, 11) is 0. The van der Waals surface area contributed by atoms with E-state index < -0.39 is 12.1 Å². The van der Waals surface area contributed by atoms with E-state index in [0.29, 0.717) is 19.3 Å². The topological polar surface area (TPSA) is 74.6 Å². The van der Waals surface area contributed by atoms with Crippen molar-refractivity contribution in [1.29, 1.82) is 0 Å². The minimum Gasteiger partial charge on any atom is -0.479 e. The summed E-state index contributed by atoms with van der Waals surface area (Å²) in [5, 5.41) is 17.3. The molecule has 0 amide bonds. The number of carboxylic acid groups (broad SMARTS) is 1. The Balaban J connectivity index is 3.21. The number of aliphatic hydroxyl groups excluding tert-OH is 1. The van der Waals surface area contributed by atoms with Crippen molar-refractivity contribution < 1.29 is 19.8 Å². The second-order valence-corrected chi connectivity index (χ2v) is 3.51. The molecule has 0 heterocycles. The Bertz CT molecular complexity index is 189. The summed E-state index contributed by atoms with van der Waals surface area (Å²) in [5.41, 5.74) is 0. The first-order valence-electron chi connectivity index (χ1n) is 4.94. The molecule has 0 rings (SSSR count). The highest BCUT2D eigenvalue weighted by Gasteiger charge is 2.11. The van der Waals surface area contributed by atoms with Crippen LogP contribution in [0.15, 0.2) is 0 Å². The number of ketones is 1. The van der Waals surface area contributed by atoms with E-state index >= 15 is 0 Å². The van der Waals surface area contributed by atoms with Crippen LogP contribution < -0.4 is 0 Å². The third-order valence-corrected chi connectivity index (χ3v) is 2.04. The Hall–Kier alpha value is -0.900. The van der Waals surface area contributed by atoms with Crippen LogP contribution in [-0.4, -0.2) is 28.1 Å². The lowest BCUT2D eigenvalue weighted by Crippen LogP contribution is -2.18. The number of carbonyl (C=O) groups is 2. The molecule has 4 nitrogen and oxygen atoms in total. The molecule has 0 aliphatic heterocycles. The van der Waals surface area contributed by atoms with Gasteiger partial charge in [0.05, 0.1) is 0 Å². The molecule has 0 aromatic rings. The monoisotopic (exact) mass is 202 g/mol. The number of rotatable bonds is 8. The Morgan fingerprint density at radius 3 is 2.21 bits per heavy atom. The summed E-state index contributed by atoms with van der Waals surface area (Å²) in [6.07, 6.45) is 3.02. The molecule has 14 heavy (non-hydrogen) atoms. The lowest BCUT2D eigenvalue weighted by molar-refractivity contribution is -0.146. The van der Waals surface area contributed by atoms with Crippen molar-refractivity contribution in [3.05, 3.63) is 0 Å². The first kappa shape index (κ1) is 13.1. The largest absolute Gasteiger partial charge is 0.479 e. The molecule has 0 saturated heterocycles. The number of hydrogen-bond donors (Lipinski definition) is 2. The first-order chi connectivity index (χ1) is 6.54. The maximum Gasteiger partial charge on any atom is 0.332 e. The Morgan fingerprint density at radius 2 is 1.71 bits per heavy atom. The quantitative estimate of drug-likeness (QED) is 0.583. The highest BCUT2D eigenvalue weighted by molar-refractivity contribution is 5.75. The van der Waals surface area contributed by atoms with Gasteiger partial charge in [-0.2, -0.15) is 0 Å². The second-order valence-electron chi connectivity index (χ2n) is 3.51. The van der Waals surface area contributed by atoms with E-state index in [2.05, 4.69) is 0 Å². The fourth-order valence-electron chi connectivity index (χ4n) is 1.19. The van der Waals surface area contributed by atoms with E-state index in [0.717, 1.165) is 19.3 Å². The second kappa shape index (κ2) is 7.50. The first-order valence-corrected chi connectivity index (χ1v) is 4.94. The van der Waals surface area contributed by atoms with Gasteiger partial charge in [-0.15, -0.1) is 0 Å². The fraction of sp³-hybridized carbons (Fsp3) is 0.800. The predicted octanol–water partition coefficient (Wildman–Crippen LogP) is 1.36. The molecule has 0 aromatic heterocycles. The zero-order chi connectivity index (χ0) is 11.0. The van der Waals surface area contributed by atoms with Gasteiger partial charge < -0.3 is 15.0 Å². The zero-order valence-electron chi connectivity index (χ0n) is 8.53. The van der Waals surface area contributed by atoms with Gasteiger partial charge in [-0.1, -0.05) is 19.3 Å². The van der Waals surface area contributed by atoms with Gasteiger partial charge in [-0.25, -0.2) is 4.79 Å². The van der Waals surface area contributed by atoms with Gasteiger partial charge >= 0.3 is 5.97 Å². The maximum absolute atomic E-state index is 10.6. The van der Waals surface area contributed by atoms with Crippen LogP contribution in [0.4, 0.5) is 0 Å². The lowest BCUT2D eigenvalue weighted by Gasteiger charge is -2.04. The lowest BCUT2D eigenvalue weighted by atomic mass is 10.1. The number of aliphatic carboxylic acids is 1. The number of carbonyl (C=O) groups excluding carboxylic acids is 1. The van der Waals surface area contributed by atoms with Gasteiger partial charge in [-0.3, -0.25) is 0 Å². The van der Waals surface area contributed by atoms with Crippen LogP contribution in [0.1, 0.15) is 45.4 Å². The van der Waals surface area contributed by atoms with E-state index in [1.54, 1.807) is 6.92 Å². The van der Waals surface area contributed by atoms with Crippen molar-refractivity contribution in [2.24, 2.45) is 0 Å². The van der Waals surface area contributed by atoms with Gasteiger partial charge in [0.2, 0.25) is 0 Å². The predicted molar refractivity (Wildman–Crippen MR) is 52.0 cm³/mol. The zero-order valence-corrected chi connectivity index (χ0v) is 8.53. The number of aliphatic hydroxyl groups is 1. The summed E-state index contributed by atoms with van der Waals surface area (Å²) >= 11 is 0. The number of hydrogen-bond acceptors (Lipinski definition) is 3. The van der Waals surface area contributed by atoms with Crippen LogP contribution in [0.5, 0.6) is 0 Å². The Labute approximate surface area is 83.9 Å². The van der Waals surface area contributed by atoms with Crippen LogP contribution in [-0.2, 0) is 9.59 Å². The highest BCUT2D eigenvalue weighted by atomic mass is 16.4. The molecule has 0 bridgehead atoms. The van der Waals surface area contributed by atoms with Crippen molar-refractivity contribution >= 4 is 11.8 Å². The highest BCUT2D eigenvalue weighted by Crippen LogP contribution is 2.07. The van der Waals surface area contributed by atoms with E-state index in [-0.39, 0.29) is 5.78 Å². The van der Waals surface area contributed by atoms with Crippen LogP contribution >= 0.6 is 0 Å². The molecule has 0 fully saturated rings. The molecule has 4 heteroatoms. The van der Waals surface area contributed by atoms with E-state index in [1.165, 1.54) is 0 Å².